The maximum atomic E-state index is 11.4. The van der Waals surface area contributed by atoms with E-state index in [0.717, 1.165) is 11.1 Å². The molecule has 0 aliphatic carbocycles. The predicted octanol–water partition coefficient (Wildman–Crippen LogP) is 3.77. The summed E-state index contributed by atoms with van der Waals surface area (Å²) in [5.74, 6) is 1.48. The van der Waals surface area contributed by atoms with E-state index >= 15 is 0 Å². The number of halogens is 1. The summed E-state index contributed by atoms with van der Waals surface area (Å²) in [5, 5.41) is 4.77. The lowest BCUT2D eigenvalue weighted by atomic mass is 10.2. The van der Waals surface area contributed by atoms with Crippen LogP contribution in [0, 0.1) is 6.92 Å². The molecular weight excluding hydrogens is 380 g/mol. The lowest BCUT2D eigenvalue weighted by Crippen LogP contribution is -2.10. The van der Waals surface area contributed by atoms with Gasteiger partial charge in [0.05, 0.1) is 13.3 Å². The van der Waals surface area contributed by atoms with E-state index in [0.29, 0.717) is 28.8 Å². The molecule has 2 aromatic carbocycles. The number of rotatable bonds is 7. The van der Waals surface area contributed by atoms with Crippen LogP contribution in [0.5, 0.6) is 11.5 Å². The van der Waals surface area contributed by atoms with Crippen LogP contribution in [0.15, 0.2) is 58.4 Å². The highest BCUT2D eigenvalue weighted by Gasteiger charge is 2.06. The van der Waals surface area contributed by atoms with E-state index in [4.69, 9.17) is 21.1 Å². The molecule has 2 N–H and O–H groups in total. The molecule has 0 amide bonds. The third-order valence-electron chi connectivity index (χ3n) is 3.75. The van der Waals surface area contributed by atoms with Crippen LogP contribution in [-0.2, 0) is 6.61 Å². The summed E-state index contributed by atoms with van der Waals surface area (Å²) in [4.78, 5) is 18.1. The summed E-state index contributed by atoms with van der Waals surface area (Å²) in [6.07, 6.45) is 1.59. The Hall–Kier alpha value is -3.32. The molecule has 0 saturated heterocycles. The van der Waals surface area contributed by atoms with E-state index in [9.17, 15) is 4.79 Å². The number of benzene rings is 2. The van der Waals surface area contributed by atoms with E-state index in [1.807, 2.05) is 36.4 Å². The normalized spacial score (nSPS) is 10.8. The minimum atomic E-state index is -0.242. The van der Waals surface area contributed by atoms with Gasteiger partial charge in [0.15, 0.2) is 11.5 Å². The van der Waals surface area contributed by atoms with Crippen molar-refractivity contribution in [2.45, 2.75) is 13.5 Å². The zero-order valence-electron chi connectivity index (χ0n) is 15.4. The molecule has 3 aromatic rings. The summed E-state index contributed by atoms with van der Waals surface area (Å²) in [6, 6.07) is 14.3. The molecule has 0 bridgehead atoms. The average molecular weight is 399 g/mol. The summed E-state index contributed by atoms with van der Waals surface area (Å²) in [6.45, 7) is 2.13. The van der Waals surface area contributed by atoms with Gasteiger partial charge in [-0.1, -0.05) is 23.7 Å². The molecule has 0 aliphatic heterocycles. The maximum absolute atomic E-state index is 11.4. The molecule has 7 nitrogen and oxygen atoms in total. The molecule has 28 heavy (non-hydrogen) atoms. The molecule has 0 saturated carbocycles. The molecule has 0 radical (unpaired) electrons. The molecule has 0 atom stereocenters. The number of hydrogen-bond donors (Lipinski definition) is 2. The van der Waals surface area contributed by atoms with Gasteiger partial charge in [-0.25, -0.2) is 10.4 Å². The summed E-state index contributed by atoms with van der Waals surface area (Å²) < 4.78 is 11.2. The first-order valence-electron chi connectivity index (χ1n) is 8.46. The molecule has 1 aromatic heterocycles. The van der Waals surface area contributed by atoms with Crippen molar-refractivity contribution in [2.75, 3.05) is 12.5 Å². The number of methoxy groups -OCH3 is 1. The van der Waals surface area contributed by atoms with Crippen molar-refractivity contribution in [3.63, 3.8) is 0 Å². The van der Waals surface area contributed by atoms with Gasteiger partial charge in [0.25, 0.3) is 5.56 Å². The van der Waals surface area contributed by atoms with Gasteiger partial charge < -0.3 is 9.47 Å². The number of H-pyrrole nitrogens is 1. The van der Waals surface area contributed by atoms with Gasteiger partial charge >= 0.3 is 0 Å². The standard InChI is InChI=1S/C20H19ClN4O3/c1-13-9-19(26)24-20(23-13)25-22-11-15-5-8-17(18(10-15)27-2)28-12-14-3-6-16(21)7-4-14/h3-11H,12H2,1-2H3,(H2,23,24,25,26)/b22-11+. The Bertz CT molecular complexity index is 1030. The van der Waals surface area contributed by atoms with Crippen LogP contribution >= 0.6 is 11.6 Å². The fourth-order valence-electron chi connectivity index (χ4n) is 2.43. The Labute approximate surface area is 167 Å². The molecule has 144 valence electrons. The van der Waals surface area contributed by atoms with E-state index in [2.05, 4.69) is 20.5 Å². The van der Waals surface area contributed by atoms with Gasteiger partial charge in [-0.05, 0) is 48.4 Å². The molecule has 8 heteroatoms. The van der Waals surface area contributed by atoms with Gasteiger partial charge in [0, 0.05) is 16.8 Å². The lowest BCUT2D eigenvalue weighted by molar-refractivity contribution is 0.284. The molecule has 1 heterocycles. The van der Waals surface area contributed by atoms with Crippen LogP contribution in [0.3, 0.4) is 0 Å². The van der Waals surface area contributed by atoms with Crippen LogP contribution in [0.2, 0.25) is 5.02 Å². The number of aryl methyl sites for hydroxylation is 1. The van der Waals surface area contributed by atoms with Gasteiger partial charge in [-0.3, -0.25) is 9.78 Å². The number of ether oxygens (including phenoxy) is 2. The first kappa shape index (κ1) is 19.4. The Morgan fingerprint density at radius 1 is 1.18 bits per heavy atom. The van der Waals surface area contributed by atoms with Crippen molar-refractivity contribution in [3.05, 3.63) is 80.7 Å². The highest BCUT2D eigenvalue weighted by atomic mass is 35.5. The van der Waals surface area contributed by atoms with Crippen LogP contribution < -0.4 is 20.5 Å². The molecule has 0 unspecified atom stereocenters. The SMILES string of the molecule is COc1cc(/C=N/Nc2nc(C)cc(=O)[nH]2)ccc1OCc1ccc(Cl)cc1. The fourth-order valence-corrected chi connectivity index (χ4v) is 2.55. The van der Waals surface area contributed by atoms with E-state index in [-0.39, 0.29) is 11.5 Å². The minimum Gasteiger partial charge on any atom is -0.493 e. The average Bonchev–Trinajstić information content (AvgIpc) is 2.67. The third kappa shape index (κ3) is 5.34. The minimum absolute atomic E-state index is 0.242. The number of nitrogens with zero attached hydrogens (tertiary/aromatic N) is 2. The summed E-state index contributed by atoms with van der Waals surface area (Å²) in [5.41, 5.74) is 4.85. The van der Waals surface area contributed by atoms with Gasteiger partial charge in [0.2, 0.25) is 5.95 Å². The monoisotopic (exact) mass is 398 g/mol. The number of aromatic amines is 1. The van der Waals surface area contributed by atoms with Gasteiger partial charge in [-0.2, -0.15) is 5.10 Å². The fraction of sp³-hybridized carbons (Fsp3) is 0.150. The molecule has 0 fully saturated rings. The highest BCUT2D eigenvalue weighted by Crippen LogP contribution is 2.28. The first-order valence-corrected chi connectivity index (χ1v) is 8.83. The molecule has 0 aliphatic rings. The second kappa shape index (κ2) is 9.05. The first-order chi connectivity index (χ1) is 13.5. The molecular formula is C20H19ClN4O3. The zero-order chi connectivity index (χ0) is 19.9. The Kier molecular flexibility index (Phi) is 6.29. The zero-order valence-corrected chi connectivity index (χ0v) is 16.2. The quantitative estimate of drug-likeness (QED) is 0.467. The van der Waals surface area contributed by atoms with Crippen LogP contribution in [0.1, 0.15) is 16.8 Å². The van der Waals surface area contributed by atoms with Crippen molar-refractivity contribution >= 4 is 23.8 Å². The van der Waals surface area contributed by atoms with Crippen molar-refractivity contribution in [3.8, 4) is 11.5 Å². The largest absolute Gasteiger partial charge is 0.493 e. The smallest absolute Gasteiger partial charge is 0.252 e. The number of hydrazone groups is 1. The van der Waals surface area contributed by atoms with Crippen molar-refractivity contribution in [1.29, 1.82) is 0 Å². The number of aromatic nitrogens is 2. The summed E-state index contributed by atoms with van der Waals surface area (Å²) >= 11 is 5.89. The van der Waals surface area contributed by atoms with E-state index in [1.165, 1.54) is 6.07 Å². The van der Waals surface area contributed by atoms with Crippen LogP contribution in [0.4, 0.5) is 5.95 Å². The van der Waals surface area contributed by atoms with Crippen molar-refractivity contribution < 1.29 is 9.47 Å². The lowest BCUT2D eigenvalue weighted by Gasteiger charge is -2.11. The number of nitrogens with one attached hydrogen (secondary N) is 2. The van der Waals surface area contributed by atoms with Crippen LogP contribution in [0.25, 0.3) is 0 Å². The van der Waals surface area contributed by atoms with Crippen molar-refractivity contribution in [1.82, 2.24) is 9.97 Å². The second-order valence-electron chi connectivity index (χ2n) is 5.93. The third-order valence-corrected chi connectivity index (χ3v) is 4.00. The van der Waals surface area contributed by atoms with Crippen molar-refractivity contribution in [2.24, 2.45) is 5.10 Å². The maximum Gasteiger partial charge on any atom is 0.252 e. The summed E-state index contributed by atoms with van der Waals surface area (Å²) in [7, 11) is 1.57. The molecule has 0 spiro atoms. The Morgan fingerprint density at radius 3 is 2.68 bits per heavy atom. The van der Waals surface area contributed by atoms with E-state index in [1.54, 1.807) is 26.3 Å². The molecule has 3 rings (SSSR count). The topological polar surface area (TPSA) is 88.6 Å². The number of anilines is 1. The van der Waals surface area contributed by atoms with E-state index < -0.39 is 0 Å². The van der Waals surface area contributed by atoms with Gasteiger partial charge in [0.1, 0.15) is 6.61 Å². The highest BCUT2D eigenvalue weighted by molar-refractivity contribution is 6.30. The predicted molar refractivity (Wildman–Crippen MR) is 110 cm³/mol. The Morgan fingerprint density at radius 2 is 1.96 bits per heavy atom. The number of hydrogen-bond acceptors (Lipinski definition) is 6. The van der Waals surface area contributed by atoms with Crippen LogP contribution in [-0.4, -0.2) is 23.3 Å². The van der Waals surface area contributed by atoms with Gasteiger partial charge in [-0.15, -0.1) is 0 Å². The second-order valence-corrected chi connectivity index (χ2v) is 6.37. The Balaban J connectivity index is 1.66.